The molecule has 0 bridgehead atoms. The van der Waals surface area contributed by atoms with Crippen LogP contribution < -0.4 is 5.32 Å². The fourth-order valence-electron chi connectivity index (χ4n) is 1.67. The molecule has 19 heavy (non-hydrogen) atoms. The molecular formula is C13H14N2O4. The highest BCUT2D eigenvalue weighted by Crippen LogP contribution is 2.25. The minimum absolute atomic E-state index is 0.136. The average molecular weight is 262 g/mol. The van der Waals surface area contributed by atoms with Gasteiger partial charge in [-0.25, -0.2) is 9.59 Å². The maximum absolute atomic E-state index is 11.8. The van der Waals surface area contributed by atoms with E-state index in [-0.39, 0.29) is 5.57 Å². The van der Waals surface area contributed by atoms with E-state index in [1.54, 1.807) is 31.5 Å². The molecule has 2 rings (SSSR count). The number of rotatable bonds is 2. The first-order valence-corrected chi connectivity index (χ1v) is 5.74. The second-order valence-electron chi connectivity index (χ2n) is 4.55. The lowest BCUT2D eigenvalue weighted by Gasteiger charge is -2.30. The second kappa shape index (κ2) is 4.72. The molecule has 100 valence electrons. The minimum atomic E-state index is -1.23. The molecule has 1 aromatic rings. The molecule has 0 unspecified atom stereocenters. The third-order valence-electron chi connectivity index (χ3n) is 2.45. The van der Waals surface area contributed by atoms with Gasteiger partial charge in [-0.05, 0) is 19.1 Å². The Morgan fingerprint density at radius 3 is 2.42 bits per heavy atom. The molecule has 1 saturated heterocycles. The van der Waals surface area contributed by atoms with Gasteiger partial charge in [0, 0.05) is 25.7 Å². The number of pyridine rings is 1. The van der Waals surface area contributed by atoms with Gasteiger partial charge in [-0.15, -0.1) is 0 Å². The van der Waals surface area contributed by atoms with Crippen molar-refractivity contribution >= 4 is 17.6 Å². The summed E-state index contributed by atoms with van der Waals surface area (Å²) in [5.41, 5.74) is 0.889. The van der Waals surface area contributed by atoms with E-state index in [1.165, 1.54) is 13.8 Å². The number of aromatic nitrogens is 1. The van der Waals surface area contributed by atoms with E-state index in [0.717, 1.165) is 0 Å². The van der Waals surface area contributed by atoms with E-state index in [0.29, 0.717) is 11.4 Å². The molecule has 0 amide bonds. The first-order valence-electron chi connectivity index (χ1n) is 5.74. The van der Waals surface area contributed by atoms with Crippen LogP contribution in [0.25, 0.3) is 0 Å². The van der Waals surface area contributed by atoms with Gasteiger partial charge >= 0.3 is 11.9 Å². The molecule has 6 heteroatoms. The highest BCUT2D eigenvalue weighted by atomic mass is 16.7. The molecule has 0 aliphatic carbocycles. The Bertz CT molecular complexity index is 527. The molecule has 0 saturated carbocycles. The number of esters is 2. The maximum Gasteiger partial charge on any atom is 0.350 e. The molecule has 0 spiro atoms. The number of hydrogen-bond donors (Lipinski definition) is 1. The number of carbonyl (C=O) groups excluding carboxylic acids is 2. The lowest BCUT2D eigenvalue weighted by molar-refractivity contribution is -0.222. The van der Waals surface area contributed by atoms with Crippen LogP contribution in [0.4, 0.5) is 5.69 Å². The second-order valence-corrected chi connectivity index (χ2v) is 4.55. The van der Waals surface area contributed by atoms with E-state index in [1.807, 2.05) is 0 Å². The Labute approximate surface area is 110 Å². The monoisotopic (exact) mass is 262 g/mol. The van der Waals surface area contributed by atoms with Crippen LogP contribution in [-0.2, 0) is 19.1 Å². The van der Waals surface area contributed by atoms with Crippen molar-refractivity contribution in [2.75, 3.05) is 5.32 Å². The average Bonchev–Trinajstić information content (AvgIpc) is 2.27. The summed E-state index contributed by atoms with van der Waals surface area (Å²) in [5.74, 6) is -2.63. The van der Waals surface area contributed by atoms with Crippen molar-refractivity contribution in [3.05, 3.63) is 35.8 Å². The van der Waals surface area contributed by atoms with Gasteiger partial charge in [0.15, 0.2) is 5.57 Å². The number of ether oxygens (including phenoxy) is 2. The Morgan fingerprint density at radius 1 is 1.26 bits per heavy atom. The van der Waals surface area contributed by atoms with Gasteiger partial charge in [0.25, 0.3) is 5.79 Å². The van der Waals surface area contributed by atoms with E-state index in [9.17, 15) is 9.59 Å². The first-order chi connectivity index (χ1) is 8.89. The SMILES string of the molecule is CC(Nc1cccnc1)=C1C(=O)OC(C)(C)OC1=O. The molecule has 1 N–H and O–H groups in total. The van der Waals surface area contributed by atoms with Gasteiger partial charge in [-0.2, -0.15) is 0 Å². The summed E-state index contributed by atoms with van der Waals surface area (Å²) in [6.45, 7) is 4.61. The summed E-state index contributed by atoms with van der Waals surface area (Å²) >= 11 is 0. The van der Waals surface area contributed by atoms with Crippen LogP contribution in [0.5, 0.6) is 0 Å². The van der Waals surface area contributed by atoms with Crippen molar-refractivity contribution in [2.24, 2.45) is 0 Å². The van der Waals surface area contributed by atoms with Gasteiger partial charge in [0.1, 0.15) is 0 Å². The van der Waals surface area contributed by atoms with Crippen LogP contribution >= 0.6 is 0 Å². The summed E-state index contributed by atoms with van der Waals surface area (Å²) in [4.78, 5) is 27.6. The van der Waals surface area contributed by atoms with Gasteiger partial charge < -0.3 is 14.8 Å². The number of nitrogens with zero attached hydrogens (tertiary/aromatic N) is 1. The summed E-state index contributed by atoms with van der Waals surface area (Å²) < 4.78 is 10.0. The Balaban J connectivity index is 2.26. The summed E-state index contributed by atoms with van der Waals surface area (Å²) in [7, 11) is 0. The number of allylic oxidation sites excluding steroid dienone is 1. The first kappa shape index (κ1) is 13.1. The van der Waals surface area contributed by atoms with Crippen LogP contribution in [0.15, 0.2) is 35.8 Å². The Morgan fingerprint density at radius 2 is 1.89 bits per heavy atom. The predicted octanol–water partition coefficient (Wildman–Crippen LogP) is 1.60. The summed E-state index contributed by atoms with van der Waals surface area (Å²) in [6, 6.07) is 3.50. The smallest absolute Gasteiger partial charge is 0.350 e. The molecular weight excluding hydrogens is 248 g/mol. The summed E-state index contributed by atoms with van der Waals surface area (Å²) in [5, 5.41) is 2.92. The van der Waals surface area contributed by atoms with Crippen LogP contribution in [-0.4, -0.2) is 22.7 Å². The topological polar surface area (TPSA) is 77.5 Å². The van der Waals surface area contributed by atoms with Crippen molar-refractivity contribution in [1.82, 2.24) is 4.98 Å². The molecule has 0 radical (unpaired) electrons. The third kappa shape index (κ3) is 2.90. The summed E-state index contributed by atoms with van der Waals surface area (Å²) in [6.07, 6.45) is 3.20. The van der Waals surface area contributed by atoms with Crippen molar-refractivity contribution in [3.8, 4) is 0 Å². The molecule has 1 aliphatic rings. The standard InChI is InChI=1S/C13H14N2O4/c1-8(15-9-5-4-6-14-7-9)10-11(16)18-13(2,3)19-12(10)17/h4-7,15H,1-3H3. The fourth-order valence-corrected chi connectivity index (χ4v) is 1.67. The highest BCUT2D eigenvalue weighted by molar-refractivity contribution is 6.16. The van der Waals surface area contributed by atoms with Gasteiger partial charge in [-0.1, -0.05) is 0 Å². The molecule has 1 aromatic heterocycles. The quantitative estimate of drug-likeness (QED) is 0.495. The normalized spacial score (nSPS) is 17.5. The highest BCUT2D eigenvalue weighted by Gasteiger charge is 2.40. The van der Waals surface area contributed by atoms with Crippen LogP contribution in [0.3, 0.4) is 0 Å². The van der Waals surface area contributed by atoms with Gasteiger partial charge in [0.05, 0.1) is 11.9 Å². The number of cyclic esters (lactones) is 2. The van der Waals surface area contributed by atoms with Crippen molar-refractivity contribution in [1.29, 1.82) is 0 Å². The molecule has 1 aliphatic heterocycles. The zero-order chi connectivity index (χ0) is 14.0. The van der Waals surface area contributed by atoms with Gasteiger partial charge in [0.2, 0.25) is 0 Å². The molecule has 6 nitrogen and oxygen atoms in total. The van der Waals surface area contributed by atoms with Crippen LogP contribution in [0.1, 0.15) is 20.8 Å². The lowest BCUT2D eigenvalue weighted by Crippen LogP contribution is -2.42. The molecule has 1 fully saturated rings. The Kier molecular flexibility index (Phi) is 3.25. The number of carbonyl (C=O) groups is 2. The lowest BCUT2D eigenvalue weighted by atomic mass is 10.1. The molecule has 0 atom stereocenters. The van der Waals surface area contributed by atoms with E-state index >= 15 is 0 Å². The van der Waals surface area contributed by atoms with Crippen molar-refractivity contribution in [2.45, 2.75) is 26.6 Å². The van der Waals surface area contributed by atoms with Crippen LogP contribution in [0, 0.1) is 0 Å². The number of hydrogen-bond acceptors (Lipinski definition) is 6. The van der Waals surface area contributed by atoms with E-state index in [4.69, 9.17) is 9.47 Å². The van der Waals surface area contributed by atoms with Crippen LogP contribution in [0.2, 0.25) is 0 Å². The molecule has 2 heterocycles. The molecule has 0 aromatic carbocycles. The van der Waals surface area contributed by atoms with Gasteiger partial charge in [-0.3, -0.25) is 4.98 Å². The predicted molar refractivity (Wildman–Crippen MR) is 66.8 cm³/mol. The van der Waals surface area contributed by atoms with E-state index < -0.39 is 17.7 Å². The van der Waals surface area contributed by atoms with E-state index in [2.05, 4.69) is 10.3 Å². The zero-order valence-corrected chi connectivity index (χ0v) is 10.9. The maximum atomic E-state index is 11.8. The third-order valence-corrected chi connectivity index (χ3v) is 2.45. The largest absolute Gasteiger partial charge is 0.419 e. The van der Waals surface area contributed by atoms with Crippen molar-refractivity contribution in [3.63, 3.8) is 0 Å². The zero-order valence-electron chi connectivity index (χ0n) is 10.9. The minimum Gasteiger partial charge on any atom is -0.419 e. The van der Waals surface area contributed by atoms with Crippen molar-refractivity contribution < 1.29 is 19.1 Å². The number of nitrogens with one attached hydrogen (secondary N) is 1. The Hall–Kier alpha value is -2.37. The number of anilines is 1. The fraction of sp³-hybridized carbons (Fsp3) is 0.308.